The van der Waals surface area contributed by atoms with Crippen LogP contribution < -0.4 is 4.74 Å². The maximum atomic E-state index is 10.3. The van der Waals surface area contributed by atoms with Gasteiger partial charge in [-0.05, 0) is 48.6 Å². The first kappa shape index (κ1) is 16.1. The van der Waals surface area contributed by atoms with E-state index in [2.05, 4.69) is 55.5 Å². The SMILES string of the molecule is COc1ccc(C(C#N)(C2=CCCC=C2)c2ccc(C)cc2)cc1. The van der Waals surface area contributed by atoms with Gasteiger partial charge in [-0.25, -0.2) is 0 Å². The van der Waals surface area contributed by atoms with Gasteiger partial charge in [-0.15, -0.1) is 0 Å². The minimum atomic E-state index is -0.795. The quantitative estimate of drug-likeness (QED) is 0.787. The topological polar surface area (TPSA) is 33.0 Å². The maximum absolute atomic E-state index is 10.3. The van der Waals surface area contributed by atoms with Crippen molar-refractivity contribution in [2.24, 2.45) is 0 Å². The second-order valence-corrected chi connectivity index (χ2v) is 6.10. The zero-order valence-electron chi connectivity index (χ0n) is 14.1. The first-order valence-electron chi connectivity index (χ1n) is 8.21. The van der Waals surface area contributed by atoms with Gasteiger partial charge in [0, 0.05) is 0 Å². The van der Waals surface area contributed by atoms with Gasteiger partial charge in [0.2, 0.25) is 0 Å². The van der Waals surface area contributed by atoms with E-state index in [1.165, 1.54) is 5.56 Å². The molecule has 0 aromatic heterocycles. The monoisotopic (exact) mass is 315 g/mol. The van der Waals surface area contributed by atoms with Gasteiger partial charge in [0.1, 0.15) is 11.2 Å². The Kier molecular flexibility index (Phi) is 4.53. The molecule has 1 atom stereocenters. The predicted octanol–water partition coefficient (Wildman–Crippen LogP) is 5.09. The summed E-state index contributed by atoms with van der Waals surface area (Å²) in [5.41, 5.74) is 3.40. The van der Waals surface area contributed by atoms with E-state index in [4.69, 9.17) is 4.74 Å². The minimum Gasteiger partial charge on any atom is -0.497 e. The molecule has 2 aromatic rings. The first-order chi connectivity index (χ1) is 11.7. The zero-order valence-corrected chi connectivity index (χ0v) is 14.1. The third-order valence-corrected chi connectivity index (χ3v) is 4.60. The van der Waals surface area contributed by atoms with Crippen LogP contribution >= 0.6 is 0 Å². The van der Waals surface area contributed by atoms with Crippen molar-refractivity contribution >= 4 is 0 Å². The number of nitriles is 1. The predicted molar refractivity (Wildman–Crippen MR) is 97.0 cm³/mol. The van der Waals surface area contributed by atoms with Crippen LogP contribution in [0.3, 0.4) is 0 Å². The molecule has 120 valence electrons. The molecule has 2 nitrogen and oxygen atoms in total. The second-order valence-electron chi connectivity index (χ2n) is 6.10. The highest BCUT2D eigenvalue weighted by Crippen LogP contribution is 2.41. The van der Waals surface area contributed by atoms with Crippen molar-refractivity contribution in [3.8, 4) is 11.8 Å². The summed E-state index contributed by atoms with van der Waals surface area (Å²) in [6.45, 7) is 2.06. The summed E-state index contributed by atoms with van der Waals surface area (Å²) < 4.78 is 5.27. The lowest BCUT2D eigenvalue weighted by atomic mass is 9.69. The van der Waals surface area contributed by atoms with Gasteiger partial charge in [0.15, 0.2) is 0 Å². The number of nitrogens with zero attached hydrogens (tertiary/aromatic N) is 1. The Labute approximate surface area is 143 Å². The molecule has 1 aliphatic carbocycles. The number of benzene rings is 2. The Balaban J connectivity index is 2.22. The van der Waals surface area contributed by atoms with Crippen LogP contribution in [0, 0.1) is 18.3 Å². The third-order valence-electron chi connectivity index (χ3n) is 4.60. The Morgan fingerprint density at radius 2 is 1.58 bits per heavy atom. The number of hydrogen-bond donors (Lipinski definition) is 0. The van der Waals surface area contributed by atoms with Crippen molar-refractivity contribution in [3.05, 3.63) is 89.0 Å². The highest BCUT2D eigenvalue weighted by molar-refractivity contribution is 5.59. The van der Waals surface area contributed by atoms with Crippen molar-refractivity contribution in [2.75, 3.05) is 7.11 Å². The van der Waals surface area contributed by atoms with Crippen LogP contribution in [-0.4, -0.2) is 7.11 Å². The normalized spacial score (nSPS) is 16.0. The molecular formula is C22H21NO. The van der Waals surface area contributed by atoms with Crippen LogP contribution in [0.5, 0.6) is 5.75 Å². The molecule has 0 saturated carbocycles. The smallest absolute Gasteiger partial charge is 0.132 e. The van der Waals surface area contributed by atoms with E-state index in [0.29, 0.717) is 0 Å². The van der Waals surface area contributed by atoms with E-state index in [9.17, 15) is 5.26 Å². The zero-order chi connectivity index (χ0) is 17.0. The standard InChI is InChI=1S/C22H21NO/c1-17-8-10-19(11-9-17)22(16-23,18-6-4-3-5-7-18)20-12-14-21(24-2)15-13-20/h4,6-15H,3,5H2,1-2H3. The van der Waals surface area contributed by atoms with Crippen molar-refractivity contribution in [2.45, 2.75) is 25.2 Å². The minimum absolute atomic E-state index is 0.794. The van der Waals surface area contributed by atoms with Gasteiger partial charge < -0.3 is 4.74 Å². The lowest BCUT2D eigenvalue weighted by Crippen LogP contribution is -2.28. The van der Waals surface area contributed by atoms with E-state index in [1.54, 1.807) is 7.11 Å². The lowest BCUT2D eigenvalue weighted by Gasteiger charge is -2.31. The molecule has 0 fully saturated rings. The molecule has 0 saturated heterocycles. The fourth-order valence-corrected chi connectivity index (χ4v) is 3.23. The Morgan fingerprint density at radius 1 is 0.958 bits per heavy atom. The summed E-state index contributed by atoms with van der Waals surface area (Å²) in [6.07, 6.45) is 8.43. The molecule has 2 aromatic carbocycles. The number of aryl methyl sites for hydroxylation is 1. The molecule has 0 N–H and O–H groups in total. The van der Waals surface area contributed by atoms with E-state index >= 15 is 0 Å². The molecule has 1 aliphatic rings. The molecule has 0 spiro atoms. The summed E-state index contributed by atoms with van der Waals surface area (Å²) in [6, 6.07) is 18.7. The Bertz CT molecular complexity index is 807. The van der Waals surface area contributed by atoms with Crippen molar-refractivity contribution < 1.29 is 4.74 Å². The van der Waals surface area contributed by atoms with Crippen molar-refractivity contribution in [3.63, 3.8) is 0 Å². The molecule has 0 aliphatic heterocycles. The molecule has 0 heterocycles. The van der Waals surface area contributed by atoms with Crippen LogP contribution in [0.2, 0.25) is 0 Å². The summed E-state index contributed by atoms with van der Waals surface area (Å²) in [4.78, 5) is 0. The average molecular weight is 315 g/mol. The molecule has 2 heteroatoms. The van der Waals surface area contributed by atoms with E-state index in [-0.39, 0.29) is 0 Å². The molecule has 0 radical (unpaired) electrons. The molecule has 0 bridgehead atoms. The average Bonchev–Trinajstić information content (AvgIpc) is 2.65. The van der Waals surface area contributed by atoms with Crippen LogP contribution in [0.1, 0.15) is 29.5 Å². The Morgan fingerprint density at radius 3 is 2.08 bits per heavy atom. The molecule has 0 amide bonds. The van der Waals surface area contributed by atoms with Gasteiger partial charge in [0.05, 0.1) is 13.2 Å². The lowest BCUT2D eigenvalue weighted by molar-refractivity contribution is 0.414. The number of ether oxygens (including phenoxy) is 1. The van der Waals surface area contributed by atoms with Gasteiger partial charge >= 0.3 is 0 Å². The largest absolute Gasteiger partial charge is 0.497 e. The molecule has 3 rings (SSSR count). The van der Waals surface area contributed by atoms with Crippen LogP contribution in [0.15, 0.2) is 72.3 Å². The van der Waals surface area contributed by atoms with E-state index < -0.39 is 5.41 Å². The van der Waals surface area contributed by atoms with Gasteiger partial charge in [-0.1, -0.05) is 60.2 Å². The van der Waals surface area contributed by atoms with Gasteiger partial charge in [-0.3, -0.25) is 0 Å². The molecule has 1 unspecified atom stereocenters. The second kappa shape index (κ2) is 6.76. The van der Waals surface area contributed by atoms with E-state index in [0.717, 1.165) is 35.3 Å². The highest BCUT2D eigenvalue weighted by atomic mass is 16.5. The summed E-state index contributed by atoms with van der Waals surface area (Å²) in [5.74, 6) is 0.794. The molecule has 24 heavy (non-hydrogen) atoms. The van der Waals surface area contributed by atoms with Crippen molar-refractivity contribution in [1.29, 1.82) is 5.26 Å². The highest BCUT2D eigenvalue weighted by Gasteiger charge is 2.37. The van der Waals surface area contributed by atoms with Crippen molar-refractivity contribution in [1.82, 2.24) is 0 Å². The Hall–Kier alpha value is -2.79. The van der Waals surface area contributed by atoms with E-state index in [1.807, 2.05) is 24.3 Å². The number of methoxy groups -OCH3 is 1. The van der Waals surface area contributed by atoms with Crippen LogP contribution in [0.25, 0.3) is 0 Å². The fourth-order valence-electron chi connectivity index (χ4n) is 3.23. The molecular weight excluding hydrogens is 294 g/mol. The van der Waals surface area contributed by atoms with Crippen LogP contribution in [-0.2, 0) is 5.41 Å². The maximum Gasteiger partial charge on any atom is 0.132 e. The number of hydrogen-bond acceptors (Lipinski definition) is 2. The fraction of sp³-hybridized carbons (Fsp3) is 0.227. The first-order valence-corrected chi connectivity index (χ1v) is 8.21. The number of rotatable bonds is 4. The summed E-state index contributed by atoms with van der Waals surface area (Å²) in [7, 11) is 1.65. The summed E-state index contributed by atoms with van der Waals surface area (Å²) >= 11 is 0. The van der Waals surface area contributed by atoms with Gasteiger partial charge in [0.25, 0.3) is 0 Å². The van der Waals surface area contributed by atoms with Crippen LogP contribution in [0.4, 0.5) is 0 Å². The number of allylic oxidation sites excluding steroid dienone is 4. The van der Waals surface area contributed by atoms with Gasteiger partial charge in [-0.2, -0.15) is 5.26 Å². The third kappa shape index (κ3) is 2.74. The summed E-state index contributed by atoms with van der Waals surface area (Å²) in [5, 5.41) is 10.3.